The molecule has 3 aromatic heterocycles. The Kier molecular flexibility index (Phi) is 3.72. The summed E-state index contributed by atoms with van der Waals surface area (Å²) < 4.78 is 5.93. The van der Waals surface area contributed by atoms with Crippen LogP contribution in [0.4, 0.5) is 0 Å². The molecule has 0 amide bonds. The number of benzene rings is 1. The standard InChI is InChI=1S/C20H15ClN2O2S/c21-12-7-5-11(6-8-12)14-9-10-15(25-14)18-22-19(24)17-13-3-1-2-4-16(13)26-20(17)23-18/h5-10H,1-4H2,(H,22,23,24). The number of furan rings is 1. The molecule has 0 bridgehead atoms. The lowest BCUT2D eigenvalue weighted by Gasteiger charge is -2.09. The first-order chi connectivity index (χ1) is 12.7. The Balaban J connectivity index is 1.59. The maximum absolute atomic E-state index is 12.7. The molecule has 1 aromatic carbocycles. The third kappa shape index (κ3) is 2.59. The van der Waals surface area contributed by atoms with Crippen molar-refractivity contribution in [2.75, 3.05) is 0 Å². The van der Waals surface area contributed by atoms with Crippen LogP contribution in [0.1, 0.15) is 23.3 Å². The van der Waals surface area contributed by atoms with Crippen LogP contribution in [0.2, 0.25) is 5.02 Å². The van der Waals surface area contributed by atoms with Crippen LogP contribution < -0.4 is 5.56 Å². The van der Waals surface area contributed by atoms with E-state index in [4.69, 9.17) is 16.0 Å². The van der Waals surface area contributed by atoms with Crippen LogP contribution in [-0.4, -0.2) is 9.97 Å². The summed E-state index contributed by atoms with van der Waals surface area (Å²) in [5.74, 6) is 1.74. The quantitative estimate of drug-likeness (QED) is 0.502. The number of H-pyrrole nitrogens is 1. The lowest BCUT2D eigenvalue weighted by Crippen LogP contribution is -2.11. The molecule has 6 heteroatoms. The molecule has 0 unspecified atom stereocenters. The summed E-state index contributed by atoms with van der Waals surface area (Å²) in [6, 6.07) is 11.2. The molecule has 0 radical (unpaired) electrons. The van der Waals surface area contributed by atoms with E-state index in [0.717, 1.165) is 35.0 Å². The van der Waals surface area contributed by atoms with Gasteiger partial charge in [-0.1, -0.05) is 11.6 Å². The van der Waals surface area contributed by atoms with Gasteiger partial charge in [-0.05, 0) is 67.6 Å². The van der Waals surface area contributed by atoms with Gasteiger partial charge in [-0.3, -0.25) is 4.79 Å². The van der Waals surface area contributed by atoms with Crippen LogP contribution in [0, 0.1) is 0 Å². The zero-order valence-corrected chi connectivity index (χ0v) is 15.4. The summed E-state index contributed by atoms with van der Waals surface area (Å²) in [4.78, 5) is 22.4. The molecule has 0 fully saturated rings. The number of aromatic nitrogens is 2. The number of halogens is 1. The number of nitrogens with one attached hydrogen (secondary N) is 1. The molecule has 0 saturated carbocycles. The first kappa shape index (κ1) is 15.9. The predicted octanol–water partition coefficient (Wildman–Crippen LogP) is 5.44. The Bertz CT molecular complexity index is 1170. The van der Waals surface area contributed by atoms with Crippen molar-refractivity contribution in [2.45, 2.75) is 25.7 Å². The Labute approximate surface area is 158 Å². The minimum Gasteiger partial charge on any atom is -0.453 e. The van der Waals surface area contributed by atoms with Crippen LogP contribution >= 0.6 is 22.9 Å². The summed E-state index contributed by atoms with van der Waals surface area (Å²) in [5, 5.41) is 1.44. The highest BCUT2D eigenvalue weighted by Gasteiger charge is 2.20. The average Bonchev–Trinajstić information content (AvgIpc) is 3.27. The van der Waals surface area contributed by atoms with Gasteiger partial charge >= 0.3 is 0 Å². The third-order valence-electron chi connectivity index (χ3n) is 4.79. The second kappa shape index (κ2) is 6.11. The molecule has 0 aliphatic heterocycles. The molecule has 5 rings (SSSR count). The molecule has 0 atom stereocenters. The fraction of sp³-hybridized carbons (Fsp3) is 0.200. The zero-order chi connectivity index (χ0) is 17.7. The van der Waals surface area contributed by atoms with E-state index in [2.05, 4.69) is 9.97 Å². The normalized spacial score (nSPS) is 13.9. The molecule has 1 N–H and O–H groups in total. The Morgan fingerprint density at radius 1 is 1.04 bits per heavy atom. The van der Waals surface area contributed by atoms with Gasteiger partial charge in [0.15, 0.2) is 11.6 Å². The number of thiophene rings is 1. The van der Waals surface area contributed by atoms with Crippen molar-refractivity contribution >= 4 is 33.2 Å². The summed E-state index contributed by atoms with van der Waals surface area (Å²) in [7, 11) is 0. The van der Waals surface area contributed by atoms with E-state index in [0.29, 0.717) is 22.4 Å². The van der Waals surface area contributed by atoms with Crippen molar-refractivity contribution in [3.63, 3.8) is 0 Å². The van der Waals surface area contributed by atoms with Gasteiger partial charge in [-0.25, -0.2) is 4.98 Å². The molecule has 130 valence electrons. The first-order valence-corrected chi connectivity index (χ1v) is 9.79. The van der Waals surface area contributed by atoms with Gasteiger partial charge in [0.2, 0.25) is 0 Å². The maximum atomic E-state index is 12.7. The number of hydrogen-bond donors (Lipinski definition) is 1. The Hall–Kier alpha value is -2.37. The molecule has 0 saturated heterocycles. The summed E-state index contributed by atoms with van der Waals surface area (Å²) in [6.45, 7) is 0. The average molecular weight is 383 g/mol. The lowest BCUT2D eigenvalue weighted by molar-refractivity contribution is 0.592. The first-order valence-electron chi connectivity index (χ1n) is 8.60. The van der Waals surface area contributed by atoms with Crippen LogP contribution in [0.5, 0.6) is 0 Å². The predicted molar refractivity (Wildman–Crippen MR) is 105 cm³/mol. The van der Waals surface area contributed by atoms with Crippen molar-refractivity contribution in [2.24, 2.45) is 0 Å². The van der Waals surface area contributed by atoms with Gasteiger partial charge in [0.25, 0.3) is 5.56 Å². The minimum absolute atomic E-state index is 0.0751. The molecule has 4 nitrogen and oxygen atoms in total. The van der Waals surface area contributed by atoms with Crippen molar-refractivity contribution in [3.05, 3.63) is 62.2 Å². The van der Waals surface area contributed by atoms with Crippen molar-refractivity contribution < 1.29 is 4.42 Å². The monoisotopic (exact) mass is 382 g/mol. The topological polar surface area (TPSA) is 58.9 Å². The van der Waals surface area contributed by atoms with Gasteiger partial charge in [-0.15, -0.1) is 11.3 Å². The highest BCUT2D eigenvalue weighted by Crippen LogP contribution is 2.35. The third-order valence-corrected chi connectivity index (χ3v) is 6.23. The fourth-order valence-electron chi connectivity index (χ4n) is 3.52. The van der Waals surface area contributed by atoms with Gasteiger partial charge in [0.1, 0.15) is 10.6 Å². The SMILES string of the molecule is O=c1[nH]c(-c2ccc(-c3ccc(Cl)cc3)o2)nc2sc3c(c12)CCCC3. The number of rotatable bonds is 2. The van der Waals surface area contributed by atoms with Gasteiger partial charge in [0.05, 0.1) is 5.39 Å². The highest BCUT2D eigenvalue weighted by molar-refractivity contribution is 7.18. The molecular formula is C20H15ClN2O2S. The van der Waals surface area contributed by atoms with Crippen molar-refractivity contribution in [1.82, 2.24) is 9.97 Å². The number of aryl methyl sites for hydroxylation is 2. The van der Waals surface area contributed by atoms with Crippen LogP contribution in [0.3, 0.4) is 0 Å². The number of fused-ring (bicyclic) bond motifs is 3. The molecule has 1 aliphatic rings. The Morgan fingerprint density at radius 2 is 1.81 bits per heavy atom. The van der Waals surface area contributed by atoms with Gasteiger partial charge < -0.3 is 9.40 Å². The Morgan fingerprint density at radius 3 is 2.65 bits per heavy atom. The van der Waals surface area contributed by atoms with E-state index >= 15 is 0 Å². The molecular weight excluding hydrogens is 368 g/mol. The van der Waals surface area contributed by atoms with Crippen molar-refractivity contribution in [1.29, 1.82) is 0 Å². The van der Waals surface area contributed by atoms with Crippen LogP contribution in [-0.2, 0) is 12.8 Å². The van der Waals surface area contributed by atoms with E-state index in [1.807, 2.05) is 36.4 Å². The van der Waals surface area contributed by atoms with E-state index in [1.165, 1.54) is 16.9 Å². The van der Waals surface area contributed by atoms with Crippen LogP contribution in [0.15, 0.2) is 45.6 Å². The summed E-state index contributed by atoms with van der Waals surface area (Å²) in [5.41, 5.74) is 2.04. The number of nitrogens with zero attached hydrogens (tertiary/aromatic N) is 1. The van der Waals surface area contributed by atoms with E-state index < -0.39 is 0 Å². The highest BCUT2D eigenvalue weighted by atomic mass is 35.5. The van der Waals surface area contributed by atoms with E-state index in [9.17, 15) is 4.79 Å². The summed E-state index contributed by atoms with van der Waals surface area (Å²) in [6.07, 6.45) is 4.35. The van der Waals surface area contributed by atoms with E-state index in [-0.39, 0.29) is 5.56 Å². The van der Waals surface area contributed by atoms with Crippen LogP contribution in [0.25, 0.3) is 33.1 Å². The molecule has 26 heavy (non-hydrogen) atoms. The number of hydrogen-bond acceptors (Lipinski definition) is 4. The largest absolute Gasteiger partial charge is 0.453 e. The van der Waals surface area contributed by atoms with Crippen molar-refractivity contribution in [3.8, 4) is 22.9 Å². The minimum atomic E-state index is -0.0751. The zero-order valence-electron chi connectivity index (χ0n) is 13.8. The number of aromatic amines is 1. The maximum Gasteiger partial charge on any atom is 0.260 e. The van der Waals surface area contributed by atoms with E-state index in [1.54, 1.807) is 11.3 Å². The molecule has 1 aliphatic carbocycles. The molecule has 0 spiro atoms. The molecule has 4 aromatic rings. The molecule has 3 heterocycles. The fourth-order valence-corrected chi connectivity index (χ4v) is 4.90. The van der Waals surface area contributed by atoms with Gasteiger partial charge in [0, 0.05) is 15.5 Å². The smallest absolute Gasteiger partial charge is 0.260 e. The summed E-state index contributed by atoms with van der Waals surface area (Å²) >= 11 is 7.58. The lowest BCUT2D eigenvalue weighted by atomic mass is 9.97. The second-order valence-electron chi connectivity index (χ2n) is 6.48. The second-order valence-corrected chi connectivity index (χ2v) is 8.00. The van der Waals surface area contributed by atoms with Gasteiger partial charge in [-0.2, -0.15) is 0 Å².